The van der Waals surface area contributed by atoms with E-state index in [1.54, 1.807) is 18.2 Å². The van der Waals surface area contributed by atoms with Crippen molar-refractivity contribution in [1.82, 2.24) is 15.4 Å². The maximum absolute atomic E-state index is 12.9. The number of nitrogens with one attached hydrogen (secondary N) is 1. The molecule has 0 aliphatic carbocycles. The topological polar surface area (TPSA) is 78.6 Å². The van der Waals surface area contributed by atoms with Crippen LogP contribution in [0.15, 0.2) is 34.9 Å². The minimum absolute atomic E-state index is 0.168. The number of aromatic nitrogens is 1. The number of piperidine rings is 1. The standard InChI is InChI=1S/C18H22FN3O3/c19-14-4-2-13(3-5-14)17-12-16(21-25-17)18(24)20-8-1-9-22-10-6-15(23)7-11-22/h2-5,12,15,23H,1,6-11H2,(H,20,24). The minimum atomic E-state index is -0.329. The lowest BCUT2D eigenvalue weighted by molar-refractivity contribution is 0.0816. The van der Waals surface area contributed by atoms with E-state index >= 15 is 0 Å². The van der Waals surface area contributed by atoms with Crippen molar-refractivity contribution >= 4 is 5.91 Å². The van der Waals surface area contributed by atoms with Gasteiger partial charge in [-0.2, -0.15) is 0 Å². The first kappa shape index (κ1) is 17.6. The Balaban J connectivity index is 1.43. The smallest absolute Gasteiger partial charge is 0.273 e. The molecule has 25 heavy (non-hydrogen) atoms. The van der Waals surface area contributed by atoms with Gasteiger partial charge >= 0.3 is 0 Å². The number of aliphatic hydroxyl groups is 1. The number of carbonyl (C=O) groups is 1. The highest BCUT2D eigenvalue weighted by molar-refractivity contribution is 5.93. The maximum atomic E-state index is 12.9. The van der Waals surface area contributed by atoms with E-state index in [9.17, 15) is 14.3 Å². The fourth-order valence-corrected chi connectivity index (χ4v) is 2.87. The Morgan fingerprint density at radius 2 is 2.04 bits per heavy atom. The van der Waals surface area contributed by atoms with Crippen LogP contribution < -0.4 is 5.32 Å². The third-order valence-corrected chi connectivity index (χ3v) is 4.37. The van der Waals surface area contributed by atoms with Crippen molar-refractivity contribution in [2.24, 2.45) is 0 Å². The van der Waals surface area contributed by atoms with Crippen molar-refractivity contribution in [1.29, 1.82) is 0 Å². The van der Waals surface area contributed by atoms with Crippen LogP contribution in [0.2, 0.25) is 0 Å². The van der Waals surface area contributed by atoms with Gasteiger partial charge in [-0.15, -0.1) is 0 Å². The van der Waals surface area contributed by atoms with Crippen molar-refractivity contribution in [3.8, 4) is 11.3 Å². The van der Waals surface area contributed by atoms with Gasteiger partial charge in [-0.05, 0) is 50.1 Å². The van der Waals surface area contributed by atoms with Crippen LogP contribution in [-0.2, 0) is 0 Å². The van der Waals surface area contributed by atoms with E-state index in [1.807, 2.05) is 0 Å². The number of amides is 1. The normalized spacial score (nSPS) is 16.1. The predicted octanol–water partition coefficient (Wildman–Crippen LogP) is 2.06. The molecule has 0 bridgehead atoms. The molecular formula is C18H22FN3O3. The average molecular weight is 347 g/mol. The Kier molecular flexibility index (Phi) is 5.78. The van der Waals surface area contributed by atoms with Gasteiger partial charge < -0.3 is 19.8 Å². The Morgan fingerprint density at radius 3 is 2.76 bits per heavy atom. The zero-order valence-corrected chi connectivity index (χ0v) is 13.9. The molecule has 134 valence electrons. The Hall–Kier alpha value is -2.25. The summed E-state index contributed by atoms with van der Waals surface area (Å²) < 4.78 is 18.1. The quantitative estimate of drug-likeness (QED) is 0.782. The largest absolute Gasteiger partial charge is 0.393 e. The molecular weight excluding hydrogens is 325 g/mol. The second-order valence-electron chi connectivity index (χ2n) is 6.27. The van der Waals surface area contributed by atoms with Gasteiger partial charge in [0.1, 0.15) is 5.82 Å². The van der Waals surface area contributed by atoms with Crippen LogP contribution in [0, 0.1) is 5.82 Å². The molecule has 2 N–H and O–H groups in total. The number of halogens is 1. The summed E-state index contributed by atoms with van der Waals surface area (Å²) in [7, 11) is 0. The summed E-state index contributed by atoms with van der Waals surface area (Å²) in [6, 6.07) is 7.36. The number of nitrogens with zero attached hydrogens (tertiary/aromatic N) is 2. The molecule has 0 saturated carbocycles. The molecule has 0 spiro atoms. The number of likely N-dealkylation sites (tertiary alicyclic amines) is 1. The lowest BCUT2D eigenvalue weighted by Gasteiger charge is -2.29. The van der Waals surface area contributed by atoms with Crippen LogP contribution in [-0.4, -0.2) is 53.4 Å². The van der Waals surface area contributed by atoms with E-state index in [0.29, 0.717) is 17.9 Å². The molecule has 1 aromatic heterocycles. The second-order valence-corrected chi connectivity index (χ2v) is 6.27. The summed E-state index contributed by atoms with van der Waals surface area (Å²) >= 11 is 0. The lowest BCUT2D eigenvalue weighted by Crippen LogP contribution is -2.37. The van der Waals surface area contributed by atoms with Gasteiger partial charge in [0.05, 0.1) is 6.10 Å². The van der Waals surface area contributed by atoms with Crippen molar-refractivity contribution in [2.75, 3.05) is 26.2 Å². The van der Waals surface area contributed by atoms with E-state index < -0.39 is 0 Å². The second kappa shape index (κ2) is 8.22. The van der Waals surface area contributed by atoms with Crippen LogP contribution in [0.25, 0.3) is 11.3 Å². The number of aliphatic hydroxyl groups excluding tert-OH is 1. The third-order valence-electron chi connectivity index (χ3n) is 4.37. The van der Waals surface area contributed by atoms with Crippen LogP contribution in [0.4, 0.5) is 4.39 Å². The van der Waals surface area contributed by atoms with Crippen molar-refractivity contribution < 1.29 is 18.8 Å². The number of hydrogen-bond acceptors (Lipinski definition) is 5. The summed E-state index contributed by atoms with van der Waals surface area (Å²) in [4.78, 5) is 14.4. The summed E-state index contributed by atoms with van der Waals surface area (Å²) in [6.07, 6.45) is 2.30. The number of carbonyl (C=O) groups excluding carboxylic acids is 1. The Bertz CT molecular complexity index is 694. The van der Waals surface area contributed by atoms with Crippen LogP contribution >= 0.6 is 0 Å². The first-order valence-corrected chi connectivity index (χ1v) is 8.53. The summed E-state index contributed by atoms with van der Waals surface area (Å²) in [5.74, 6) is -0.187. The van der Waals surface area contributed by atoms with Crippen LogP contribution in [0.1, 0.15) is 29.8 Å². The molecule has 0 radical (unpaired) electrons. The lowest BCUT2D eigenvalue weighted by atomic mass is 10.1. The fraction of sp³-hybridized carbons (Fsp3) is 0.444. The average Bonchev–Trinajstić information content (AvgIpc) is 3.11. The zero-order chi connectivity index (χ0) is 17.6. The third kappa shape index (κ3) is 4.87. The van der Waals surface area contributed by atoms with Crippen LogP contribution in [0.5, 0.6) is 0 Å². The minimum Gasteiger partial charge on any atom is -0.393 e. The first-order valence-electron chi connectivity index (χ1n) is 8.53. The van der Waals surface area contributed by atoms with Gasteiger partial charge in [0, 0.05) is 31.3 Å². The number of rotatable bonds is 6. The van der Waals surface area contributed by atoms with Crippen molar-refractivity contribution in [3.63, 3.8) is 0 Å². The van der Waals surface area contributed by atoms with E-state index in [1.165, 1.54) is 12.1 Å². The van der Waals surface area contributed by atoms with E-state index in [2.05, 4.69) is 15.4 Å². The fourth-order valence-electron chi connectivity index (χ4n) is 2.87. The molecule has 2 aromatic rings. The van der Waals surface area contributed by atoms with Crippen LogP contribution in [0.3, 0.4) is 0 Å². The molecule has 1 aliphatic heterocycles. The van der Waals surface area contributed by atoms with E-state index in [0.717, 1.165) is 38.9 Å². The predicted molar refractivity (Wildman–Crippen MR) is 90.5 cm³/mol. The zero-order valence-electron chi connectivity index (χ0n) is 13.9. The molecule has 6 nitrogen and oxygen atoms in total. The van der Waals surface area contributed by atoms with Gasteiger partial charge in [-0.1, -0.05) is 5.16 Å². The molecule has 3 rings (SSSR count). The highest BCUT2D eigenvalue weighted by Crippen LogP contribution is 2.20. The molecule has 1 saturated heterocycles. The van der Waals surface area contributed by atoms with Gasteiger partial charge in [0.25, 0.3) is 5.91 Å². The SMILES string of the molecule is O=C(NCCCN1CCC(O)CC1)c1cc(-c2ccc(F)cc2)on1. The highest BCUT2D eigenvalue weighted by atomic mass is 19.1. The Morgan fingerprint density at radius 1 is 1.32 bits per heavy atom. The molecule has 1 fully saturated rings. The molecule has 1 amide bonds. The summed E-state index contributed by atoms with van der Waals surface area (Å²) in [6.45, 7) is 3.25. The maximum Gasteiger partial charge on any atom is 0.273 e. The molecule has 1 aromatic carbocycles. The first-order chi connectivity index (χ1) is 12.1. The molecule has 0 unspecified atom stereocenters. The monoisotopic (exact) mass is 347 g/mol. The van der Waals surface area contributed by atoms with Gasteiger partial charge in [0.2, 0.25) is 0 Å². The van der Waals surface area contributed by atoms with Gasteiger partial charge in [-0.3, -0.25) is 4.79 Å². The molecule has 0 atom stereocenters. The summed E-state index contributed by atoms with van der Waals surface area (Å²) in [5, 5.41) is 16.1. The summed E-state index contributed by atoms with van der Waals surface area (Å²) in [5.41, 5.74) is 0.876. The van der Waals surface area contributed by atoms with Crippen molar-refractivity contribution in [3.05, 3.63) is 41.8 Å². The molecule has 2 heterocycles. The van der Waals surface area contributed by atoms with Gasteiger partial charge in [-0.25, -0.2) is 4.39 Å². The number of hydrogen-bond donors (Lipinski definition) is 2. The van der Waals surface area contributed by atoms with E-state index in [-0.39, 0.29) is 23.5 Å². The number of benzene rings is 1. The highest BCUT2D eigenvalue weighted by Gasteiger charge is 2.17. The molecule has 7 heteroatoms. The van der Waals surface area contributed by atoms with E-state index in [4.69, 9.17) is 4.52 Å². The van der Waals surface area contributed by atoms with Crippen molar-refractivity contribution in [2.45, 2.75) is 25.4 Å². The Labute approximate surface area is 145 Å². The van der Waals surface area contributed by atoms with Gasteiger partial charge in [0.15, 0.2) is 11.5 Å². The molecule has 1 aliphatic rings.